The topological polar surface area (TPSA) is 106 Å². The third kappa shape index (κ3) is 4.99. The minimum atomic E-state index is -1.16. The SMILES string of the molecule is Cc1c(C)c2ccc(OCC(=O)N[C@H](Cc3ccc(Cl)cc3)C(=O)O)cc2oc1=O. The quantitative estimate of drug-likeness (QED) is 0.558. The molecule has 0 unspecified atom stereocenters. The van der Waals surface area contributed by atoms with Gasteiger partial charge in [-0.2, -0.15) is 0 Å². The van der Waals surface area contributed by atoms with Crippen molar-refractivity contribution in [1.82, 2.24) is 5.32 Å². The molecule has 8 heteroatoms. The minimum Gasteiger partial charge on any atom is -0.484 e. The van der Waals surface area contributed by atoms with E-state index in [0.29, 0.717) is 21.9 Å². The van der Waals surface area contributed by atoms with Crippen molar-refractivity contribution in [2.75, 3.05) is 6.61 Å². The lowest BCUT2D eigenvalue weighted by Crippen LogP contribution is -2.44. The number of hydrogen-bond acceptors (Lipinski definition) is 5. The van der Waals surface area contributed by atoms with Gasteiger partial charge in [-0.15, -0.1) is 0 Å². The third-order valence-electron chi connectivity index (χ3n) is 4.78. The highest BCUT2D eigenvalue weighted by Crippen LogP contribution is 2.23. The number of benzene rings is 2. The number of carboxylic acids is 1. The van der Waals surface area contributed by atoms with Crippen molar-refractivity contribution in [2.24, 2.45) is 0 Å². The van der Waals surface area contributed by atoms with E-state index in [1.165, 1.54) is 6.07 Å². The van der Waals surface area contributed by atoms with Crippen molar-refractivity contribution < 1.29 is 23.8 Å². The molecule has 3 rings (SSSR count). The van der Waals surface area contributed by atoms with Gasteiger partial charge in [-0.1, -0.05) is 23.7 Å². The Bertz CT molecular complexity index is 1150. The first-order valence-electron chi connectivity index (χ1n) is 9.18. The van der Waals surface area contributed by atoms with Gasteiger partial charge in [0.1, 0.15) is 17.4 Å². The van der Waals surface area contributed by atoms with Crippen LogP contribution in [0.5, 0.6) is 5.75 Å². The molecular formula is C22H20ClNO6. The van der Waals surface area contributed by atoms with Crippen LogP contribution in [0.15, 0.2) is 51.7 Å². The van der Waals surface area contributed by atoms with Crippen molar-refractivity contribution in [2.45, 2.75) is 26.3 Å². The van der Waals surface area contributed by atoms with Crippen molar-refractivity contribution >= 4 is 34.4 Å². The van der Waals surface area contributed by atoms with Crippen LogP contribution >= 0.6 is 11.6 Å². The predicted molar refractivity (Wildman–Crippen MR) is 112 cm³/mol. The van der Waals surface area contributed by atoms with Gasteiger partial charge in [0.2, 0.25) is 0 Å². The molecule has 0 saturated heterocycles. The summed E-state index contributed by atoms with van der Waals surface area (Å²) in [5.41, 5.74) is 2.00. The lowest BCUT2D eigenvalue weighted by Gasteiger charge is -2.15. The lowest BCUT2D eigenvalue weighted by molar-refractivity contribution is -0.142. The van der Waals surface area contributed by atoms with Crippen molar-refractivity contribution in [3.63, 3.8) is 0 Å². The highest BCUT2D eigenvalue weighted by atomic mass is 35.5. The molecule has 0 aliphatic heterocycles. The molecule has 0 aliphatic rings. The van der Waals surface area contributed by atoms with Crippen LogP contribution < -0.4 is 15.7 Å². The number of hydrogen-bond donors (Lipinski definition) is 2. The number of carboxylic acid groups (broad SMARTS) is 1. The molecule has 3 aromatic rings. The molecule has 0 aliphatic carbocycles. The first-order chi connectivity index (χ1) is 14.2. The van der Waals surface area contributed by atoms with Gasteiger partial charge in [0, 0.05) is 28.5 Å². The van der Waals surface area contributed by atoms with E-state index in [-0.39, 0.29) is 13.0 Å². The summed E-state index contributed by atoms with van der Waals surface area (Å²) in [5.74, 6) is -1.41. The largest absolute Gasteiger partial charge is 0.484 e. The summed E-state index contributed by atoms with van der Waals surface area (Å²) >= 11 is 5.83. The number of carbonyl (C=O) groups is 2. The zero-order valence-corrected chi connectivity index (χ0v) is 17.2. The van der Waals surface area contributed by atoms with Crippen LogP contribution in [-0.2, 0) is 16.0 Å². The molecule has 0 bridgehead atoms. The maximum atomic E-state index is 12.2. The van der Waals surface area contributed by atoms with E-state index < -0.39 is 23.5 Å². The van der Waals surface area contributed by atoms with Crippen LogP contribution in [0, 0.1) is 13.8 Å². The molecule has 0 radical (unpaired) electrons. The van der Waals surface area contributed by atoms with E-state index in [9.17, 15) is 19.5 Å². The van der Waals surface area contributed by atoms with Crippen LogP contribution in [0.4, 0.5) is 0 Å². The number of amides is 1. The second kappa shape index (κ2) is 9.00. The number of carbonyl (C=O) groups excluding carboxylic acids is 1. The fourth-order valence-electron chi connectivity index (χ4n) is 2.96. The van der Waals surface area contributed by atoms with E-state index in [1.807, 2.05) is 6.92 Å². The Balaban J connectivity index is 1.65. The van der Waals surface area contributed by atoms with E-state index in [2.05, 4.69) is 5.32 Å². The first-order valence-corrected chi connectivity index (χ1v) is 9.56. The Morgan fingerprint density at radius 1 is 1.13 bits per heavy atom. The molecule has 1 amide bonds. The van der Waals surface area contributed by atoms with Crippen LogP contribution in [-0.4, -0.2) is 29.6 Å². The lowest BCUT2D eigenvalue weighted by atomic mass is 10.1. The summed E-state index contributed by atoms with van der Waals surface area (Å²) in [7, 11) is 0. The van der Waals surface area contributed by atoms with Crippen molar-refractivity contribution in [3.8, 4) is 5.75 Å². The highest BCUT2D eigenvalue weighted by molar-refractivity contribution is 6.30. The van der Waals surface area contributed by atoms with Crippen LogP contribution in [0.2, 0.25) is 5.02 Å². The van der Waals surface area contributed by atoms with Crippen LogP contribution in [0.1, 0.15) is 16.7 Å². The third-order valence-corrected chi connectivity index (χ3v) is 5.04. The normalized spacial score (nSPS) is 11.8. The van der Waals surface area contributed by atoms with Crippen molar-refractivity contribution in [3.05, 3.63) is 74.6 Å². The Morgan fingerprint density at radius 2 is 1.83 bits per heavy atom. The number of rotatable bonds is 7. The van der Waals surface area contributed by atoms with Gasteiger partial charge >= 0.3 is 11.6 Å². The standard InChI is InChI=1S/C22H20ClNO6/c1-12-13(2)22(28)30-19-10-16(7-8-17(12)19)29-11-20(25)24-18(21(26)27)9-14-3-5-15(23)6-4-14/h3-8,10,18H,9,11H2,1-2H3,(H,24,25)(H,26,27)/t18-/m1/s1. The average molecular weight is 430 g/mol. The zero-order chi connectivity index (χ0) is 21.8. The average Bonchev–Trinajstić information content (AvgIpc) is 2.71. The predicted octanol–water partition coefficient (Wildman–Crippen LogP) is 3.25. The maximum absolute atomic E-state index is 12.2. The summed E-state index contributed by atoms with van der Waals surface area (Å²) in [5, 5.41) is 13.2. The Hall–Kier alpha value is -3.32. The smallest absolute Gasteiger partial charge is 0.339 e. The minimum absolute atomic E-state index is 0.109. The summed E-state index contributed by atoms with van der Waals surface area (Å²) in [6.07, 6.45) is 0.109. The first kappa shape index (κ1) is 21.4. The van der Waals surface area contributed by atoms with Crippen LogP contribution in [0.25, 0.3) is 11.0 Å². The molecular weight excluding hydrogens is 410 g/mol. The summed E-state index contributed by atoms with van der Waals surface area (Å²) in [6.45, 7) is 3.14. The summed E-state index contributed by atoms with van der Waals surface area (Å²) in [6, 6.07) is 10.5. The molecule has 1 aromatic heterocycles. The molecule has 2 N–H and O–H groups in total. The number of aryl methyl sites for hydroxylation is 1. The number of nitrogens with one attached hydrogen (secondary N) is 1. The molecule has 30 heavy (non-hydrogen) atoms. The molecule has 1 heterocycles. The number of halogens is 1. The maximum Gasteiger partial charge on any atom is 0.339 e. The molecule has 0 saturated carbocycles. The van der Waals surface area contributed by atoms with Crippen molar-refractivity contribution in [1.29, 1.82) is 0 Å². The van der Waals surface area contributed by atoms with Gasteiger partial charge in [-0.05, 0) is 49.2 Å². The molecule has 2 aromatic carbocycles. The number of aliphatic carboxylic acids is 1. The van der Waals surface area contributed by atoms with Crippen LogP contribution in [0.3, 0.4) is 0 Å². The van der Waals surface area contributed by atoms with E-state index in [0.717, 1.165) is 16.5 Å². The van der Waals surface area contributed by atoms with Gasteiger partial charge in [-0.25, -0.2) is 9.59 Å². The van der Waals surface area contributed by atoms with Gasteiger partial charge in [0.05, 0.1) is 0 Å². The fourth-order valence-corrected chi connectivity index (χ4v) is 3.09. The monoisotopic (exact) mass is 429 g/mol. The second-order valence-electron chi connectivity index (χ2n) is 6.88. The second-order valence-corrected chi connectivity index (χ2v) is 7.31. The summed E-state index contributed by atoms with van der Waals surface area (Å²) < 4.78 is 10.7. The molecule has 0 fully saturated rings. The van der Waals surface area contributed by atoms with Gasteiger partial charge in [0.15, 0.2) is 6.61 Å². The number of fused-ring (bicyclic) bond motifs is 1. The van der Waals surface area contributed by atoms with E-state index in [1.54, 1.807) is 43.3 Å². The molecule has 1 atom stereocenters. The van der Waals surface area contributed by atoms with E-state index >= 15 is 0 Å². The van der Waals surface area contributed by atoms with Gasteiger partial charge in [-0.3, -0.25) is 4.79 Å². The van der Waals surface area contributed by atoms with E-state index in [4.69, 9.17) is 20.8 Å². The fraction of sp³-hybridized carbons (Fsp3) is 0.227. The number of ether oxygens (including phenoxy) is 1. The van der Waals surface area contributed by atoms with Gasteiger partial charge in [0.25, 0.3) is 5.91 Å². The Morgan fingerprint density at radius 3 is 2.50 bits per heavy atom. The Kier molecular flexibility index (Phi) is 6.42. The summed E-state index contributed by atoms with van der Waals surface area (Å²) in [4.78, 5) is 35.5. The van der Waals surface area contributed by atoms with Gasteiger partial charge < -0.3 is 19.6 Å². The highest BCUT2D eigenvalue weighted by Gasteiger charge is 2.21. The molecule has 156 valence electrons. The Labute approximate surface area is 177 Å². The molecule has 7 nitrogen and oxygen atoms in total. The zero-order valence-electron chi connectivity index (χ0n) is 16.4. The molecule has 0 spiro atoms.